The molecule has 0 amide bonds. The zero-order chi connectivity index (χ0) is 14.5. The lowest BCUT2D eigenvalue weighted by molar-refractivity contribution is 0.0323. The third kappa shape index (κ3) is 4.29. The molecule has 1 aromatic rings. The van der Waals surface area contributed by atoms with Gasteiger partial charge in [-0.1, -0.05) is 19.9 Å². The van der Waals surface area contributed by atoms with Crippen molar-refractivity contribution in [2.24, 2.45) is 0 Å². The molecular formula is C14H20FNO3. The number of benzene rings is 1. The molecule has 1 aromatic carbocycles. The topological polar surface area (TPSA) is 69.6 Å². The summed E-state index contributed by atoms with van der Waals surface area (Å²) in [5.74, 6) is -2.02. The second-order valence-electron chi connectivity index (χ2n) is 4.65. The fourth-order valence-corrected chi connectivity index (χ4v) is 1.78. The summed E-state index contributed by atoms with van der Waals surface area (Å²) in [6, 6.07) is 4.02. The number of hydrogen-bond donors (Lipinski definition) is 3. The molecule has 106 valence electrons. The number of halogens is 1. The second-order valence-corrected chi connectivity index (χ2v) is 4.65. The van der Waals surface area contributed by atoms with Crippen LogP contribution in [0.2, 0.25) is 0 Å². The molecule has 0 radical (unpaired) electrons. The number of hydrogen-bond acceptors (Lipinski definition) is 3. The van der Waals surface area contributed by atoms with Crippen molar-refractivity contribution < 1.29 is 19.4 Å². The maximum absolute atomic E-state index is 13.4. The van der Waals surface area contributed by atoms with E-state index in [1.807, 2.05) is 13.8 Å². The van der Waals surface area contributed by atoms with Crippen LogP contribution in [0.3, 0.4) is 0 Å². The molecule has 0 atom stereocenters. The highest BCUT2D eigenvalue weighted by molar-refractivity contribution is 5.87. The maximum Gasteiger partial charge on any atom is 0.338 e. The summed E-state index contributed by atoms with van der Waals surface area (Å²) in [6.45, 7) is 4.63. The predicted octanol–water partition coefficient (Wildman–Crippen LogP) is 2.16. The Kier molecular flexibility index (Phi) is 5.44. The predicted molar refractivity (Wildman–Crippen MR) is 70.6 cm³/mol. The lowest BCUT2D eigenvalue weighted by Gasteiger charge is -2.25. The van der Waals surface area contributed by atoms with Crippen molar-refractivity contribution in [3.8, 4) is 0 Å². The first-order chi connectivity index (χ1) is 8.91. The smallest absolute Gasteiger partial charge is 0.338 e. The number of carboxylic acids is 1. The molecule has 4 nitrogen and oxygen atoms in total. The van der Waals surface area contributed by atoms with E-state index in [9.17, 15) is 14.3 Å². The molecule has 0 saturated heterocycles. The Labute approximate surface area is 112 Å². The zero-order valence-electron chi connectivity index (χ0n) is 11.2. The van der Waals surface area contributed by atoms with E-state index in [4.69, 9.17) is 5.11 Å². The first-order valence-corrected chi connectivity index (χ1v) is 6.36. The summed E-state index contributed by atoms with van der Waals surface area (Å²) in [4.78, 5) is 10.7. The molecule has 0 aromatic heterocycles. The normalized spacial score (nSPS) is 11.6. The maximum atomic E-state index is 13.4. The number of aromatic carboxylic acids is 1. The van der Waals surface area contributed by atoms with E-state index in [0.29, 0.717) is 31.5 Å². The van der Waals surface area contributed by atoms with Gasteiger partial charge in [-0.25, -0.2) is 9.18 Å². The van der Waals surface area contributed by atoms with Gasteiger partial charge in [-0.3, -0.25) is 0 Å². The first-order valence-electron chi connectivity index (χ1n) is 6.36. The van der Waals surface area contributed by atoms with Crippen molar-refractivity contribution >= 4 is 5.97 Å². The molecule has 1 rings (SSSR count). The van der Waals surface area contributed by atoms with Crippen molar-refractivity contribution in [1.29, 1.82) is 0 Å². The largest absolute Gasteiger partial charge is 0.478 e. The third-order valence-corrected chi connectivity index (χ3v) is 3.36. The fourth-order valence-electron chi connectivity index (χ4n) is 1.78. The minimum atomic E-state index is -1.27. The van der Waals surface area contributed by atoms with Gasteiger partial charge in [0, 0.05) is 13.1 Å². The summed E-state index contributed by atoms with van der Waals surface area (Å²) in [5.41, 5.74) is -0.432. The van der Waals surface area contributed by atoms with Crippen LogP contribution in [0.25, 0.3) is 0 Å². The molecule has 5 heteroatoms. The molecule has 0 unspecified atom stereocenters. The summed E-state index contributed by atoms with van der Waals surface area (Å²) in [6.07, 6.45) is 1.28. The Bertz CT molecular complexity index is 444. The highest BCUT2D eigenvalue weighted by Gasteiger charge is 2.21. The van der Waals surface area contributed by atoms with Gasteiger partial charge in [0.1, 0.15) is 5.82 Å². The van der Waals surface area contributed by atoms with Crippen LogP contribution in [-0.4, -0.2) is 28.3 Å². The number of carbonyl (C=O) groups is 1. The number of carboxylic acid groups (broad SMARTS) is 1. The van der Waals surface area contributed by atoms with Crippen LogP contribution in [0.1, 0.15) is 42.6 Å². The molecular weight excluding hydrogens is 249 g/mol. The van der Waals surface area contributed by atoms with Crippen molar-refractivity contribution in [2.45, 2.75) is 38.8 Å². The molecule has 0 saturated carbocycles. The average Bonchev–Trinajstić information content (AvgIpc) is 2.38. The molecule has 0 fully saturated rings. The quantitative estimate of drug-likeness (QED) is 0.709. The monoisotopic (exact) mass is 269 g/mol. The molecule has 0 heterocycles. The molecule has 0 bridgehead atoms. The molecule has 19 heavy (non-hydrogen) atoms. The molecule has 0 aliphatic rings. The standard InChI is InChI=1S/C14H20FNO3/c1-3-14(19,4-2)9-16-8-10-5-6-11(13(17)18)12(15)7-10/h5-7,16,19H,3-4,8-9H2,1-2H3,(H,17,18). The van der Waals surface area contributed by atoms with Gasteiger partial charge in [-0.15, -0.1) is 0 Å². The first kappa shape index (κ1) is 15.6. The minimum Gasteiger partial charge on any atom is -0.478 e. The summed E-state index contributed by atoms with van der Waals surface area (Å²) < 4.78 is 13.4. The van der Waals surface area contributed by atoms with Crippen LogP contribution in [0.4, 0.5) is 4.39 Å². The Morgan fingerprint density at radius 2 is 2.00 bits per heavy atom. The number of nitrogens with one attached hydrogen (secondary N) is 1. The van der Waals surface area contributed by atoms with E-state index in [-0.39, 0.29) is 5.56 Å². The minimum absolute atomic E-state index is 0.331. The van der Waals surface area contributed by atoms with Crippen molar-refractivity contribution in [3.63, 3.8) is 0 Å². The number of rotatable bonds is 7. The highest BCUT2D eigenvalue weighted by atomic mass is 19.1. The van der Waals surface area contributed by atoms with Crippen LogP contribution < -0.4 is 5.32 Å². The van der Waals surface area contributed by atoms with Crippen molar-refractivity contribution in [2.75, 3.05) is 6.54 Å². The third-order valence-electron chi connectivity index (χ3n) is 3.36. The zero-order valence-corrected chi connectivity index (χ0v) is 11.2. The van der Waals surface area contributed by atoms with Gasteiger partial charge in [0.15, 0.2) is 0 Å². The molecule has 0 aliphatic carbocycles. The SMILES string of the molecule is CCC(O)(CC)CNCc1ccc(C(=O)O)c(F)c1. The van der Waals surface area contributed by atoms with Crippen LogP contribution in [-0.2, 0) is 6.54 Å². The highest BCUT2D eigenvalue weighted by Crippen LogP contribution is 2.14. The Hall–Kier alpha value is -1.46. The molecule has 0 aliphatic heterocycles. The summed E-state index contributed by atoms with van der Waals surface area (Å²) in [7, 11) is 0. The Balaban J connectivity index is 2.60. The van der Waals surface area contributed by atoms with E-state index in [1.54, 1.807) is 6.07 Å². The van der Waals surface area contributed by atoms with Crippen molar-refractivity contribution in [3.05, 3.63) is 35.1 Å². The van der Waals surface area contributed by atoms with Crippen LogP contribution in [0.15, 0.2) is 18.2 Å². The second kappa shape index (κ2) is 6.63. The van der Waals surface area contributed by atoms with Gasteiger partial charge in [0.2, 0.25) is 0 Å². The van der Waals surface area contributed by atoms with Gasteiger partial charge in [0.05, 0.1) is 11.2 Å². The molecule has 3 N–H and O–H groups in total. The lowest BCUT2D eigenvalue weighted by Crippen LogP contribution is -2.39. The average molecular weight is 269 g/mol. The van der Waals surface area contributed by atoms with E-state index in [0.717, 1.165) is 0 Å². The Morgan fingerprint density at radius 1 is 1.37 bits per heavy atom. The lowest BCUT2D eigenvalue weighted by atomic mass is 9.97. The van der Waals surface area contributed by atoms with Gasteiger partial charge >= 0.3 is 5.97 Å². The van der Waals surface area contributed by atoms with Crippen LogP contribution in [0, 0.1) is 5.82 Å². The van der Waals surface area contributed by atoms with E-state index >= 15 is 0 Å². The van der Waals surface area contributed by atoms with Crippen LogP contribution >= 0.6 is 0 Å². The Morgan fingerprint density at radius 3 is 2.47 bits per heavy atom. The van der Waals surface area contributed by atoms with Crippen LogP contribution in [0.5, 0.6) is 0 Å². The number of aliphatic hydroxyl groups is 1. The van der Waals surface area contributed by atoms with Crippen molar-refractivity contribution in [1.82, 2.24) is 5.32 Å². The van der Waals surface area contributed by atoms with E-state index in [1.165, 1.54) is 12.1 Å². The van der Waals surface area contributed by atoms with E-state index < -0.39 is 17.4 Å². The van der Waals surface area contributed by atoms with E-state index in [2.05, 4.69) is 5.32 Å². The summed E-state index contributed by atoms with van der Waals surface area (Å²) >= 11 is 0. The van der Waals surface area contributed by atoms with Gasteiger partial charge in [0.25, 0.3) is 0 Å². The van der Waals surface area contributed by atoms with Gasteiger partial charge in [-0.05, 0) is 30.5 Å². The summed E-state index contributed by atoms with van der Waals surface area (Å²) in [5, 5.41) is 21.8. The van der Waals surface area contributed by atoms with Gasteiger partial charge in [-0.2, -0.15) is 0 Å². The fraction of sp³-hybridized carbons (Fsp3) is 0.500. The molecule has 0 spiro atoms. The van der Waals surface area contributed by atoms with Gasteiger partial charge < -0.3 is 15.5 Å².